The molecule has 0 saturated carbocycles. The number of hydrogen-bond donors (Lipinski definition) is 1. The van der Waals surface area contributed by atoms with E-state index in [1.165, 1.54) is 19.3 Å². The van der Waals surface area contributed by atoms with Crippen molar-refractivity contribution in [2.24, 2.45) is 5.92 Å². The Morgan fingerprint density at radius 1 is 1.54 bits per heavy atom. The second-order valence-electron chi connectivity index (χ2n) is 3.72. The number of rotatable bonds is 3. The first-order valence-corrected chi connectivity index (χ1v) is 5.31. The molecule has 76 valence electrons. The van der Waals surface area contributed by atoms with Crippen LogP contribution in [0.15, 0.2) is 0 Å². The van der Waals surface area contributed by atoms with Crippen molar-refractivity contribution in [1.82, 2.24) is 15.6 Å². The predicted octanol–water partition coefficient (Wildman–Crippen LogP) is 1.42. The van der Waals surface area contributed by atoms with Gasteiger partial charge < -0.3 is 0 Å². The molecule has 1 atom stereocenters. The molecule has 3 nitrogen and oxygen atoms in total. The minimum absolute atomic E-state index is 0.547. The molecule has 0 aromatic rings. The van der Waals surface area contributed by atoms with Crippen LogP contribution in [0.5, 0.6) is 0 Å². The Morgan fingerprint density at radius 3 is 2.85 bits per heavy atom. The van der Waals surface area contributed by atoms with Crippen LogP contribution in [0.1, 0.15) is 26.2 Å². The summed E-state index contributed by atoms with van der Waals surface area (Å²) in [6.07, 6.45) is 3.73. The van der Waals surface area contributed by atoms with Crippen LogP contribution in [0, 0.1) is 5.92 Å². The summed E-state index contributed by atoms with van der Waals surface area (Å²) in [4.78, 5) is 1.05. The maximum absolute atomic E-state index is 5.35. The highest BCUT2D eigenvalue weighted by Gasteiger charge is 2.24. The summed E-state index contributed by atoms with van der Waals surface area (Å²) in [5.74, 6) is 0.547. The Kier molecular flexibility index (Phi) is 4.09. The van der Waals surface area contributed by atoms with E-state index >= 15 is 0 Å². The van der Waals surface area contributed by atoms with Gasteiger partial charge in [0.2, 0.25) is 0 Å². The van der Waals surface area contributed by atoms with Crippen LogP contribution in [-0.4, -0.2) is 35.6 Å². The summed E-state index contributed by atoms with van der Waals surface area (Å²) in [6, 6.07) is 0. The number of hydrogen-bond acceptors (Lipinski definition) is 3. The lowest BCUT2D eigenvalue weighted by molar-refractivity contribution is 0.0764. The number of nitrogens with one attached hydrogen (secondary N) is 1. The van der Waals surface area contributed by atoms with Crippen molar-refractivity contribution >= 4 is 17.2 Å². The fourth-order valence-corrected chi connectivity index (χ4v) is 1.93. The molecule has 0 aromatic carbocycles. The molecule has 1 fully saturated rings. The van der Waals surface area contributed by atoms with Gasteiger partial charge in [0.05, 0.1) is 4.99 Å². The third-order valence-electron chi connectivity index (χ3n) is 2.40. The monoisotopic (exact) mass is 201 g/mol. The maximum Gasteiger partial charge on any atom is 0.0975 e. The van der Waals surface area contributed by atoms with E-state index in [4.69, 9.17) is 12.2 Å². The molecule has 0 aromatic heterocycles. The van der Waals surface area contributed by atoms with E-state index in [2.05, 4.69) is 24.5 Å². The molecule has 0 aliphatic carbocycles. The van der Waals surface area contributed by atoms with Crippen molar-refractivity contribution in [2.75, 3.05) is 20.6 Å². The predicted molar refractivity (Wildman–Crippen MR) is 59.1 cm³/mol. The van der Waals surface area contributed by atoms with Crippen LogP contribution in [0.3, 0.4) is 0 Å². The zero-order valence-corrected chi connectivity index (χ0v) is 9.52. The topological polar surface area (TPSA) is 18.5 Å². The second-order valence-corrected chi connectivity index (χ2v) is 4.14. The van der Waals surface area contributed by atoms with E-state index in [0.29, 0.717) is 5.92 Å². The quantitative estimate of drug-likeness (QED) is 0.696. The second kappa shape index (κ2) is 4.88. The van der Waals surface area contributed by atoms with Gasteiger partial charge in [-0.05, 0) is 6.42 Å². The van der Waals surface area contributed by atoms with Crippen LogP contribution in [0.4, 0.5) is 0 Å². The number of hydrazine groups is 2. The molecule has 1 rings (SSSR count). The Labute approximate surface area is 86.0 Å². The van der Waals surface area contributed by atoms with Gasteiger partial charge in [0, 0.05) is 26.6 Å². The van der Waals surface area contributed by atoms with Gasteiger partial charge in [-0.15, -0.1) is 0 Å². The van der Waals surface area contributed by atoms with Crippen LogP contribution in [0.2, 0.25) is 0 Å². The Hall–Kier alpha value is -0.190. The van der Waals surface area contributed by atoms with E-state index in [1.807, 2.05) is 12.1 Å². The molecule has 1 saturated heterocycles. The van der Waals surface area contributed by atoms with Crippen molar-refractivity contribution < 1.29 is 0 Å². The van der Waals surface area contributed by atoms with Crippen molar-refractivity contribution in [3.8, 4) is 0 Å². The lowest BCUT2D eigenvalue weighted by Gasteiger charge is -2.38. The van der Waals surface area contributed by atoms with Crippen molar-refractivity contribution in [3.63, 3.8) is 0 Å². The van der Waals surface area contributed by atoms with Crippen molar-refractivity contribution in [2.45, 2.75) is 26.2 Å². The van der Waals surface area contributed by atoms with Gasteiger partial charge in [-0.1, -0.05) is 32.0 Å². The SMILES string of the molecule is CCCC[C@H]1CN(C)NN(C)C1=S. The zero-order chi connectivity index (χ0) is 9.84. The van der Waals surface area contributed by atoms with E-state index < -0.39 is 0 Å². The van der Waals surface area contributed by atoms with Gasteiger partial charge in [0.15, 0.2) is 0 Å². The highest BCUT2D eigenvalue weighted by Crippen LogP contribution is 2.16. The molecule has 1 aliphatic heterocycles. The normalized spacial score (nSPS) is 25.3. The van der Waals surface area contributed by atoms with Gasteiger partial charge in [-0.3, -0.25) is 5.01 Å². The minimum Gasteiger partial charge on any atom is -0.291 e. The molecule has 0 spiro atoms. The maximum atomic E-state index is 5.35. The van der Waals surface area contributed by atoms with Crippen molar-refractivity contribution in [1.29, 1.82) is 0 Å². The van der Waals surface area contributed by atoms with Crippen LogP contribution >= 0.6 is 12.2 Å². The van der Waals surface area contributed by atoms with E-state index in [-0.39, 0.29) is 0 Å². The standard InChI is InChI=1S/C9H19N3S/c1-4-5-6-8-7-11(2)10-12(3)9(8)13/h8,10H,4-7H2,1-3H3/t8-/m0/s1. The third-order valence-corrected chi connectivity index (χ3v) is 3.01. The average molecular weight is 201 g/mol. The largest absolute Gasteiger partial charge is 0.291 e. The van der Waals surface area contributed by atoms with Crippen LogP contribution in [0.25, 0.3) is 0 Å². The summed E-state index contributed by atoms with van der Waals surface area (Å²) >= 11 is 5.35. The van der Waals surface area contributed by atoms with E-state index in [0.717, 1.165) is 11.5 Å². The number of nitrogens with zero attached hydrogens (tertiary/aromatic N) is 2. The molecule has 0 radical (unpaired) electrons. The van der Waals surface area contributed by atoms with Gasteiger partial charge in [0.1, 0.15) is 0 Å². The molecular formula is C9H19N3S. The molecule has 1 N–H and O–H groups in total. The summed E-state index contributed by atoms with van der Waals surface area (Å²) in [6.45, 7) is 3.25. The van der Waals surface area contributed by atoms with Gasteiger partial charge in [-0.2, -0.15) is 5.53 Å². The molecule has 0 amide bonds. The van der Waals surface area contributed by atoms with Crippen LogP contribution in [-0.2, 0) is 0 Å². The lowest BCUT2D eigenvalue weighted by Crippen LogP contribution is -2.57. The fraction of sp³-hybridized carbons (Fsp3) is 0.889. The molecule has 4 heteroatoms. The molecule has 1 heterocycles. The molecule has 1 aliphatic rings. The number of unbranched alkanes of at least 4 members (excludes halogenated alkanes) is 1. The molecule has 0 bridgehead atoms. The third kappa shape index (κ3) is 2.90. The average Bonchev–Trinajstić information content (AvgIpc) is 2.09. The van der Waals surface area contributed by atoms with E-state index in [9.17, 15) is 0 Å². The first-order valence-electron chi connectivity index (χ1n) is 4.90. The summed E-state index contributed by atoms with van der Waals surface area (Å²) in [5.41, 5.74) is 3.16. The Bertz CT molecular complexity index is 184. The van der Waals surface area contributed by atoms with Gasteiger partial charge >= 0.3 is 0 Å². The first kappa shape index (κ1) is 10.9. The number of thiocarbonyl (C=S) groups is 1. The Balaban J connectivity index is 2.46. The van der Waals surface area contributed by atoms with Crippen LogP contribution < -0.4 is 5.53 Å². The summed E-state index contributed by atoms with van der Waals surface area (Å²) < 4.78 is 0. The Morgan fingerprint density at radius 2 is 2.23 bits per heavy atom. The van der Waals surface area contributed by atoms with Crippen molar-refractivity contribution in [3.05, 3.63) is 0 Å². The highest BCUT2D eigenvalue weighted by atomic mass is 32.1. The zero-order valence-electron chi connectivity index (χ0n) is 8.71. The van der Waals surface area contributed by atoms with Gasteiger partial charge in [-0.25, -0.2) is 5.01 Å². The first-order chi connectivity index (χ1) is 6.15. The molecule has 0 unspecified atom stereocenters. The van der Waals surface area contributed by atoms with Gasteiger partial charge in [0.25, 0.3) is 0 Å². The fourth-order valence-electron chi connectivity index (χ4n) is 1.69. The summed E-state index contributed by atoms with van der Waals surface area (Å²) in [5, 5.41) is 4.04. The van der Waals surface area contributed by atoms with E-state index in [1.54, 1.807) is 0 Å². The summed E-state index contributed by atoms with van der Waals surface area (Å²) in [7, 11) is 4.04. The highest BCUT2D eigenvalue weighted by molar-refractivity contribution is 7.80. The minimum atomic E-state index is 0.547. The lowest BCUT2D eigenvalue weighted by atomic mass is 10.0. The smallest absolute Gasteiger partial charge is 0.0975 e. The molecular weight excluding hydrogens is 182 g/mol. The molecule has 13 heavy (non-hydrogen) atoms.